The molecule has 2 aliphatic rings. The summed E-state index contributed by atoms with van der Waals surface area (Å²) in [5.74, 6) is 0.491. The highest BCUT2D eigenvalue weighted by Gasteiger charge is 2.41. The maximum Gasteiger partial charge on any atom is 0.0729 e. The van der Waals surface area contributed by atoms with Gasteiger partial charge in [0.2, 0.25) is 0 Å². The van der Waals surface area contributed by atoms with Gasteiger partial charge in [-0.3, -0.25) is 0 Å². The van der Waals surface area contributed by atoms with Crippen LogP contribution in [0.4, 0.5) is 0 Å². The lowest BCUT2D eigenvalue weighted by Gasteiger charge is -2.45. The monoisotopic (exact) mass is 353 g/mol. The fourth-order valence-corrected chi connectivity index (χ4v) is 4.08. The van der Waals surface area contributed by atoms with E-state index in [1.165, 1.54) is 11.1 Å². The van der Waals surface area contributed by atoms with E-state index >= 15 is 0 Å². The molecule has 4 heteroatoms. The van der Waals surface area contributed by atoms with Crippen LogP contribution < -0.4 is 5.73 Å². The lowest BCUT2D eigenvalue weighted by atomic mass is 9.76. The van der Waals surface area contributed by atoms with Crippen LogP contribution in [0.2, 0.25) is 0 Å². The Kier molecular flexibility index (Phi) is 4.69. The molecule has 0 bridgehead atoms. The van der Waals surface area contributed by atoms with Crippen LogP contribution >= 0.6 is 15.9 Å². The molecule has 1 aromatic carbocycles. The molecule has 116 valence electrons. The Morgan fingerprint density at radius 2 is 2.05 bits per heavy atom. The minimum atomic E-state index is 0.0126. The Bertz CT molecular complexity index is 494. The second-order valence-corrected chi connectivity index (χ2v) is 7.23. The molecule has 2 unspecified atom stereocenters. The topological polar surface area (TPSA) is 44.5 Å². The smallest absolute Gasteiger partial charge is 0.0729 e. The van der Waals surface area contributed by atoms with Gasteiger partial charge >= 0.3 is 0 Å². The van der Waals surface area contributed by atoms with Crippen molar-refractivity contribution in [3.8, 4) is 0 Å². The van der Waals surface area contributed by atoms with Crippen molar-refractivity contribution in [2.45, 2.75) is 44.2 Å². The van der Waals surface area contributed by atoms with Crippen molar-refractivity contribution in [2.24, 2.45) is 11.7 Å². The molecule has 2 atom stereocenters. The summed E-state index contributed by atoms with van der Waals surface area (Å²) in [5, 5.41) is 0. The highest BCUT2D eigenvalue weighted by atomic mass is 79.9. The fourth-order valence-electron chi connectivity index (χ4n) is 3.70. The molecule has 0 saturated carbocycles. The Morgan fingerprint density at radius 3 is 2.81 bits per heavy atom. The zero-order chi connectivity index (χ0) is 14.9. The molecule has 3 nitrogen and oxygen atoms in total. The molecule has 1 aromatic rings. The number of hydrogen-bond acceptors (Lipinski definition) is 3. The normalized spacial score (nSPS) is 26.7. The molecule has 0 aliphatic carbocycles. The van der Waals surface area contributed by atoms with Crippen LogP contribution in [0.25, 0.3) is 0 Å². The van der Waals surface area contributed by atoms with Gasteiger partial charge in [-0.15, -0.1) is 0 Å². The van der Waals surface area contributed by atoms with Crippen molar-refractivity contribution in [2.75, 3.05) is 19.8 Å². The molecule has 2 aliphatic heterocycles. The number of hydrogen-bond donors (Lipinski definition) is 1. The van der Waals surface area contributed by atoms with Gasteiger partial charge < -0.3 is 15.2 Å². The third-order valence-electron chi connectivity index (χ3n) is 5.11. The molecule has 0 radical (unpaired) electrons. The highest BCUT2D eigenvalue weighted by Crippen LogP contribution is 2.41. The summed E-state index contributed by atoms with van der Waals surface area (Å²) in [6.07, 6.45) is 4.13. The van der Waals surface area contributed by atoms with E-state index in [1.807, 2.05) is 0 Å². The lowest BCUT2D eigenvalue weighted by Crippen LogP contribution is -2.46. The van der Waals surface area contributed by atoms with Gasteiger partial charge in [-0.2, -0.15) is 0 Å². The third kappa shape index (κ3) is 3.19. The van der Waals surface area contributed by atoms with Crippen molar-refractivity contribution < 1.29 is 9.47 Å². The lowest BCUT2D eigenvalue weighted by molar-refractivity contribution is -0.149. The largest absolute Gasteiger partial charge is 0.381 e. The summed E-state index contributed by atoms with van der Waals surface area (Å²) in [6, 6.07) is 6.41. The zero-order valence-electron chi connectivity index (χ0n) is 12.6. The number of rotatable bonds is 2. The van der Waals surface area contributed by atoms with E-state index in [1.54, 1.807) is 0 Å². The van der Waals surface area contributed by atoms with Gasteiger partial charge in [0.15, 0.2) is 0 Å². The summed E-state index contributed by atoms with van der Waals surface area (Å²) in [5.41, 5.74) is 9.16. The number of ether oxygens (including phenoxy) is 2. The van der Waals surface area contributed by atoms with Crippen LogP contribution in [0, 0.1) is 12.8 Å². The van der Waals surface area contributed by atoms with Crippen LogP contribution in [0.5, 0.6) is 0 Å². The number of benzene rings is 1. The van der Waals surface area contributed by atoms with Crippen LogP contribution in [0.15, 0.2) is 22.7 Å². The number of halogens is 1. The summed E-state index contributed by atoms with van der Waals surface area (Å²) in [6.45, 7) is 4.60. The van der Waals surface area contributed by atoms with Gasteiger partial charge in [0.25, 0.3) is 0 Å². The van der Waals surface area contributed by atoms with Gasteiger partial charge in [0.1, 0.15) is 0 Å². The predicted molar refractivity (Wildman–Crippen MR) is 87.3 cm³/mol. The molecule has 3 rings (SSSR count). The second-order valence-electron chi connectivity index (χ2n) is 6.38. The van der Waals surface area contributed by atoms with Crippen molar-refractivity contribution in [1.82, 2.24) is 0 Å². The Balaban J connectivity index is 1.78. The molecule has 2 fully saturated rings. The standard InChI is InChI=1S/C17H24BrNO2/c1-12-14(3-2-4-15(12)18)16(19)13-5-8-21-17(11-13)6-9-20-10-7-17/h2-4,13,16H,5-11,19H2,1H3. The van der Waals surface area contributed by atoms with Gasteiger partial charge in [-0.1, -0.05) is 28.1 Å². The maximum absolute atomic E-state index is 6.62. The van der Waals surface area contributed by atoms with E-state index in [9.17, 15) is 0 Å². The minimum absolute atomic E-state index is 0.0126. The first kappa shape index (κ1) is 15.5. The van der Waals surface area contributed by atoms with Gasteiger partial charge in [-0.05, 0) is 55.7 Å². The average molecular weight is 354 g/mol. The van der Waals surface area contributed by atoms with Crippen LogP contribution in [-0.4, -0.2) is 25.4 Å². The van der Waals surface area contributed by atoms with E-state index in [4.69, 9.17) is 15.2 Å². The molecule has 0 amide bonds. The average Bonchev–Trinajstić information content (AvgIpc) is 2.50. The van der Waals surface area contributed by atoms with E-state index in [0.717, 1.165) is 50.0 Å². The molecule has 2 N–H and O–H groups in total. The predicted octanol–water partition coefficient (Wildman–Crippen LogP) is 3.73. The first-order valence-corrected chi connectivity index (χ1v) is 8.63. The second kappa shape index (κ2) is 6.37. The van der Waals surface area contributed by atoms with E-state index in [-0.39, 0.29) is 11.6 Å². The van der Waals surface area contributed by atoms with Crippen LogP contribution in [0.1, 0.15) is 42.9 Å². The van der Waals surface area contributed by atoms with Gasteiger partial charge in [0.05, 0.1) is 5.60 Å². The Morgan fingerprint density at radius 1 is 1.29 bits per heavy atom. The molecule has 2 heterocycles. The van der Waals surface area contributed by atoms with Crippen molar-refractivity contribution in [3.05, 3.63) is 33.8 Å². The van der Waals surface area contributed by atoms with E-state index in [0.29, 0.717) is 5.92 Å². The molecule has 0 aromatic heterocycles. The SMILES string of the molecule is Cc1c(Br)cccc1C(N)C1CCOC2(CCOCC2)C1. The first-order valence-electron chi connectivity index (χ1n) is 7.84. The fraction of sp³-hybridized carbons (Fsp3) is 0.647. The van der Waals surface area contributed by atoms with Gasteiger partial charge in [-0.25, -0.2) is 0 Å². The maximum atomic E-state index is 6.62. The van der Waals surface area contributed by atoms with E-state index in [2.05, 4.69) is 41.1 Å². The summed E-state index contributed by atoms with van der Waals surface area (Å²) in [7, 11) is 0. The Labute approximate surface area is 135 Å². The Hall–Kier alpha value is -0.420. The van der Waals surface area contributed by atoms with Crippen molar-refractivity contribution in [3.63, 3.8) is 0 Å². The zero-order valence-corrected chi connectivity index (χ0v) is 14.2. The third-order valence-corrected chi connectivity index (χ3v) is 5.97. The molecule has 1 spiro atoms. The van der Waals surface area contributed by atoms with Gasteiger partial charge in [0, 0.05) is 30.3 Å². The first-order chi connectivity index (χ1) is 10.1. The summed E-state index contributed by atoms with van der Waals surface area (Å²) >= 11 is 3.61. The molecular formula is C17H24BrNO2. The van der Waals surface area contributed by atoms with Crippen molar-refractivity contribution in [1.29, 1.82) is 0 Å². The van der Waals surface area contributed by atoms with Crippen molar-refractivity contribution >= 4 is 15.9 Å². The van der Waals surface area contributed by atoms with Crippen LogP contribution in [0.3, 0.4) is 0 Å². The summed E-state index contributed by atoms with van der Waals surface area (Å²) in [4.78, 5) is 0. The van der Waals surface area contributed by atoms with E-state index < -0.39 is 0 Å². The molecular weight excluding hydrogens is 330 g/mol. The highest BCUT2D eigenvalue weighted by molar-refractivity contribution is 9.10. The van der Waals surface area contributed by atoms with Crippen LogP contribution in [-0.2, 0) is 9.47 Å². The molecule has 2 saturated heterocycles. The minimum Gasteiger partial charge on any atom is -0.381 e. The summed E-state index contributed by atoms with van der Waals surface area (Å²) < 4.78 is 12.8. The quantitative estimate of drug-likeness (QED) is 0.880. The molecule has 21 heavy (non-hydrogen) atoms. The number of nitrogens with two attached hydrogens (primary N) is 1.